The highest BCUT2D eigenvalue weighted by atomic mass is 32.2. The molecule has 1 aliphatic carbocycles. The number of rotatable bonds is 6. The molecule has 9 nitrogen and oxygen atoms in total. The van der Waals surface area contributed by atoms with E-state index in [1.807, 2.05) is 29.4 Å². The number of carboxylic acids is 1. The molecule has 1 fully saturated rings. The molecule has 1 aliphatic heterocycles. The summed E-state index contributed by atoms with van der Waals surface area (Å²) in [7, 11) is -1.55. The van der Waals surface area contributed by atoms with Crippen LogP contribution in [-0.4, -0.2) is 51.3 Å². The summed E-state index contributed by atoms with van der Waals surface area (Å²) in [5.41, 5.74) is 1.56. The monoisotopic (exact) mass is 613 g/mol. The predicted octanol–water partition coefficient (Wildman–Crippen LogP) is 5.45. The first-order valence-electron chi connectivity index (χ1n) is 13.8. The molecule has 1 saturated carbocycles. The fraction of sp³-hybridized carbons (Fsp3) is 0.400. The van der Waals surface area contributed by atoms with Gasteiger partial charge in [0.25, 0.3) is 0 Å². The molecule has 2 atom stereocenters. The van der Waals surface area contributed by atoms with Gasteiger partial charge in [0.1, 0.15) is 21.5 Å². The second-order valence-electron chi connectivity index (χ2n) is 11.9. The van der Waals surface area contributed by atoms with Gasteiger partial charge in [-0.25, -0.2) is 13.5 Å². The quantitative estimate of drug-likeness (QED) is 0.308. The molecule has 3 aromatic heterocycles. The first kappa shape index (κ1) is 29.2. The van der Waals surface area contributed by atoms with Crippen LogP contribution < -0.4 is 4.74 Å². The average Bonchev–Trinajstić information content (AvgIpc) is 3.56. The van der Waals surface area contributed by atoms with Crippen LogP contribution in [0.1, 0.15) is 66.2 Å². The Kier molecular flexibility index (Phi) is 6.88. The molecule has 13 heteroatoms. The van der Waals surface area contributed by atoms with Crippen molar-refractivity contribution in [3.63, 3.8) is 0 Å². The van der Waals surface area contributed by atoms with Crippen LogP contribution >= 0.6 is 0 Å². The Bertz CT molecular complexity index is 1780. The highest BCUT2D eigenvalue weighted by molar-refractivity contribution is 7.82. The number of aliphatic carboxylic acids is 1. The Balaban J connectivity index is 1.43. The van der Waals surface area contributed by atoms with Crippen LogP contribution in [0.2, 0.25) is 0 Å². The first-order valence-corrected chi connectivity index (χ1v) is 14.9. The molecule has 1 spiro atoms. The summed E-state index contributed by atoms with van der Waals surface area (Å²) >= 11 is 0. The molecule has 1 N–H and O–H groups in total. The van der Waals surface area contributed by atoms with Gasteiger partial charge in [-0.3, -0.25) is 9.20 Å². The highest BCUT2D eigenvalue weighted by Crippen LogP contribution is 2.46. The number of aryl methyl sites for hydroxylation is 2. The SMILES string of the molecule is Cc1ccc(C(c2ccn3c(C(F)(F)F)nnc3c2C)C(C)(C)C(=O)O)cc1CN1CC2(CC2)Oc2ncccc2S1=O. The molecule has 226 valence electrons. The van der Waals surface area contributed by atoms with Crippen LogP contribution in [0.4, 0.5) is 13.2 Å². The first-order chi connectivity index (χ1) is 20.2. The molecule has 43 heavy (non-hydrogen) atoms. The zero-order chi connectivity index (χ0) is 30.9. The third-order valence-electron chi connectivity index (χ3n) is 8.50. The van der Waals surface area contributed by atoms with Gasteiger partial charge in [0.2, 0.25) is 11.7 Å². The fourth-order valence-corrected chi connectivity index (χ4v) is 7.12. The lowest BCUT2D eigenvalue weighted by Gasteiger charge is -2.33. The Hall–Kier alpha value is -3.84. The number of aromatic nitrogens is 4. The van der Waals surface area contributed by atoms with Crippen molar-refractivity contribution in [2.24, 2.45) is 5.41 Å². The number of carboxylic acid groups (broad SMARTS) is 1. The number of carbonyl (C=O) groups is 1. The van der Waals surface area contributed by atoms with E-state index in [9.17, 15) is 27.3 Å². The van der Waals surface area contributed by atoms with E-state index in [2.05, 4.69) is 15.2 Å². The topological polar surface area (TPSA) is 110 Å². The van der Waals surface area contributed by atoms with Gasteiger partial charge >= 0.3 is 12.1 Å². The van der Waals surface area contributed by atoms with E-state index in [1.165, 1.54) is 12.3 Å². The van der Waals surface area contributed by atoms with Crippen molar-refractivity contribution in [3.05, 3.63) is 82.4 Å². The largest absolute Gasteiger partial charge is 0.481 e. The van der Waals surface area contributed by atoms with Crippen LogP contribution in [0.3, 0.4) is 0 Å². The Labute approximate surface area is 248 Å². The number of hydrogen-bond donors (Lipinski definition) is 1. The van der Waals surface area contributed by atoms with Gasteiger partial charge in [-0.2, -0.15) is 13.2 Å². The number of alkyl halides is 3. The summed E-state index contributed by atoms with van der Waals surface area (Å²) in [4.78, 5) is 17.4. The van der Waals surface area contributed by atoms with Crippen molar-refractivity contribution in [3.8, 4) is 5.88 Å². The van der Waals surface area contributed by atoms with E-state index in [-0.39, 0.29) is 5.65 Å². The molecule has 1 aromatic carbocycles. The Morgan fingerprint density at radius 2 is 1.91 bits per heavy atom. The molecule has 4 aromatic rings. The van der Waals surface area contributed by atoms with E-state index in [0.29, 0.717) is 40.6 Å². The van der Waals surface area contributed by atoms with Crippen molar-refractivity contribution < 1.29 is 32.0 Å². The van der Waals surface area contributed by atoms with Crippen molar-refractivity contribution in [1.82, 2.24) is 23.9 Å². The summed E-state index contributed by atoms with van der Waals surface area (Å²) in [6.07, 6.45) is -0.201. The molecule has 2 aliphatic rings. The van der Waals surface area contributed by atoms with Crippen LogP contribution in [0.25, 0.3) is 5.65 Å². The maximum absolute atomic E-state index is 13.7. The van der Waals surface area contributed by atoms with E-state index < -0.39 is 45.9 Å². The zero-order valence-corrected chi connectivity index (χ0v) is 24.8. The standard InChI is InChI=1S/C30H30F3N5O4S/c1-17-7-8-19(14-20(17)15-37-16-29(10-11-29)42-25-22(43(37)41)6-5-12-34-25)23(28(3,4)27(39)40)21-9-13-38-24(18(21)2)35-36-26(38)30(31,32)33/h5-9,12-14,23H,10-11,15-16H2,1-4H3,(H,39,40). The van der Waals surface area contributed by atoms with Crippen molar-refractivity contribution in [2.75, 3.05) is 6.54 Å². The summed E-state index contributed by atoms with van der Waals surface area (Å²) in [5, 5.41) is 17.5. The third kappa shape index (κ3) is 5.07. The molecule has 0 saturated heterocycles. The van der Waals surface area contributed by atoms with E-state index in [0.717, 1.165) is 28.4 Å². The minimum atomic E-state index is -4.70. The van der Waals surface area contributed by atoms with Crippen LogP contribution in [-0.2, 0) is 28.5 Å². The van der Waals surface area contributed by atoms with Gasteiger partial charge in [0, 0.05) is 24.9 Å². The molecule has 6 rings (SSSR count). The number of fused-ring (bicyclic) bond motifs is 2. The van der Waals surface area contributed by atoms with Gasteiger partial charge in [-0.15, -0.1) is 10.2 Å². The summed E-state index contributed by atoms with van der Waals surface area (Å²) in [6.45, 7) is 7.49. The van der Waals surface area contributed by atoms with Crippen molar-refractivity contribution in [1.29, 1.82) is 0 Å². The third-order valence-corrected chi connectivity index (χ3v) is 9.92. The van der Waals surface area contributed by atoms with Gasteiger partial charge < -0.3 is 9.84 Å². The molecular weight excluding hydrogens is 583 g/mol. The lowest BCUT2D eigenvalue weighted by Crippen LogP contribution is -2.36. The maximum Gasteiger partial charge on any atom is 0.452 e. The summed E-state index contributed by atoms with van der Waals surface area (Å²) < 4.78 is 63.2. The molecule has 0 radical (unpaired) electrons. The minimum absolute atomic E-state index is 0.00492. The van der Waals surface area contributed by atoms with E-state index >= 15 is 0 Å². The number of ether oxygens (including phenoxy) is 1. The van der Waals surface area contributed by atoms with Gasteiger partial charge in [0.15, 0.2) is 5.65 Å². The molecule has 4 heterocycles. The predicted molar refractivity (Wildman–Crippen MR) is 151 cm³/mol. The minimum Gasteiger partial charge on any atom is -0.481 e. The normalized spacial score (nSPS) is 19.1. The molecule has 0 bridgehead atoms. The number of pyridine rings is 2. The number of nitrogens with zero attached hydrogens (tertiary/aromatic N) is 5. The van der Waals surface area contributed by atoms with Crippen LogP contribution in [0, 0.1) is 19.3 Å². The average molecular weight is 614 g/mol. The fourth-order valence-electron chi connectivity index (χ4n) is 5.80. The molecular formula is C30H30F3N5O4S. The number of hydrogen-bond acceptors (Lipinski definition) is 6. The van der Waals surface area contributed by atoms with Crippen LogP contribution in [0.15, 0.2) is 53.7 Å². The Morgan fingerprint density at radius 1 is 1.16 bits per heavy atom. The van der Waals surface area contributed by atoms with E-state index in [4.69, 9.17) is 4.74 Å². The zero-order valence-electron chi connectivity index (χ0n) is 24.0. The smallest absolute Gasteiger partial charge is 0.452 e. The van der Waals surface area contributed by atoms with Crippen molar-refractivity contribution in [2.45, 2.75) is 69.7 Å². The second kappa shape index (κ2) is 10.1. The van der Waals surface area contributed by atoms with Crippen molar-refractivity contribution >= 4 is 22.6 Å². The number of benzene rings is 1. The lowest BCUT2D eigenvalue weighted by molar-refractivity contribution is -0.147. The number of halogens is 3. The molecule has 2 unspecified atom stereocenters. The second-order valence-corrected chi connectivity index (χ2v) is 13.4. The lowest BCUT2D eigenvalue weighted by atomic mass is 9.70. The van der Waals surface area contributed by atoms with Gasteiger partial charge in [-0.05, 0) is 86.6 Å². The van der Waals surface area contributed by atoms with Gasteiger partial charge in [0.05, 0.1) is 12.0 Å². The Morgan fingerprint density at radius 3 is 2.58 bits per heavy atom. The van der Waals surface area contributed by atoms with Gasteiger partial charge in [-0.1, -0.05) is 18.2 Å². The summed E-state index contributed by atoms with van der Waals surface area (Å²) in [6, 6.07) is 10.6. The summed E-state index contributed by atoms with van der Waals surface area (Å²) in [5.74, 6) is -2.59. The maximum atomic E-state index is 13.7. The van der Waals surface area contributed by atoms with Crippen LogP contribution in [0.5, 0.6) is 5.88 Å². The van der Waals surface area contributed by atoms with E-state index in [1.54, 1.807) is 39.1 Å². The molecule has 0 amide bonds. The highest BCUT2D eigenvalue weighted by Gasteiger charge is 2.51.